The predicted molar refractivity (Wildman–Crippen MR) is 84.2 cm³/mol. The number of rotatable bonds is 4. The van der Waals surface area contributed by atoms with Gasteiger partial charge in [0.2, 0.25) is 0 Å². The summed E-state index contributed by atoms with van der Waals surface area (Å²) in [5, 5.41) is 0. The molecule has 0 aliphatic heterocycles. The molecule has 104 valence electrons. The number of aryl methyl sites for hydroxylation is 1. The highest BCUT2D eigenvalue weighted by Crippen LogP contribution is 2.29. The normalized spacial score (nSPS) is 10.1. The Morgan fingerprint density at radius 2 is 0.952 bits per heavy atom. The molecular weight excluding hydrogens is 260 g/mol. The van der Waals surface area contributed by atoms with Crippen LogP contribution in [0.2, 0.25) is 0 Å². The van der Waals surface area contributed by atoms with Crippen LogP contribution in [-0.4, -0.2) is 0 Å². The van der Waals surface area contributed by atoms with Crippen LogP contribution in [-0.2, 0) is 0 Å². The molecule has 3 rings (SSSR count). The van der Waals surface area contributed by atoms with Crippen molar-refractivity contribution in [3.63, 3.8) is 0 Å². The van der Waals surface area contributed by atoms with Crippen molar-refractivity contribution >= 4 is 0 Å². The van der Waals surface area contributed by atoms with E-state index in [-0.39, 0.29) is 0 Å². The fourth-order valence-electron chi connectivity index (χ4n) is 2.08. The highest BCUT2D eigenvalue weighted by Gasteiger charge is 2.03. The zero-order valence-corrected chi connectivity index (χ0v) is 11.8. The largest absolute Gasteiger partial charge is 0.457 e. The molecule has 3 aromatic carbocycles. The Labute approximate surface area is 124 Å². The van der Waals surface area contributed by atoms with Crippen LogP contribution in [0, 0.1) is 6.92 Å². The van der Waals surface area contributed by atoms with Gasteiger partial charge in [0.25, 0.3) is 0 Å². The van der Waals surface area contributed by atoms with E-state index in [9.17, 15) is 0 Å². The lowest BCUT2D eigenvalue weighted by Gasteiger charge is -2.10. The lowest BCUT2D eigenvalue weighted by Crippen LogP contribution is -1.88. The summed E-state index contributed by atoms with van der Waals surface area (Å²) in [5.41, 5.74) is 1.09. The number of para-hydroxylation sites is 2. The van der Waals surface area contributed by atoms with Crippen LogP contribution in [0.15, 0.2) is 78.9 Å². The fraction of sp³-hybridized carbons (Fsp3) is 0.0526. The third-order valence-corrected chi connectivity index (χ3v) is 2.98. The van der Waals surface area contributed by atoms with Crippen molar-refractivity contribution in [2.45, 2.75) is 6.92 Å². The molecule has 0 saturated heterocycles. The molecule has 0 fully saturated rings. The smallest absolute Gasteiger partial charge is 0.131 e. The maximum atomic E-state index is 5.86. The van der Waals surface area contributed by atoms with Gasteiger partial charge in [-0.1, -0.05) is 36.4 Å². The summed E-state index contributed by atoms with van der Waals surface area (Å²) in [6.45, 7) is 2.02. The standard InChI is InChI=1S/C19H16O2/c1-15-12-18(20-16-8-4-2-5-9-16)14-19(13-15)21-17-10-6-3-7-11-17/h2-14H,1H3. The molecule has 0 saturated carbocycles. The molecule has 2 heteroatoms. The Morgan fingerprint density at radius 3 is 1.38 bits per heavy atom. The van der Waals surface area contributed by atoms with Gasteiger partial charge in [0.1, 0.15) is 23.0 Å². The van der Waals surface area contributed by atoms with E-state index in [4.69, 9.17) is 9.47 Å². The quantitative estimate of drug-likeness (QED) is 0.619. The molecule has 0 unspecified atom stereocenters. The first-order valence-electron chi connectivity index (χ1n) is 6.87. The molecule has 0 spiro atoms. The van der Waals surface area contributed by atoms with Crippen molar-refractivity contribution in [3.8, 4) is 23.0 Å². The van der Waals surface area contributed by atoms with Crippen LogP contribution in [0.25, 0.3) is 0 Å². The fourth-order valence-corrected chi connectivity index (χ4v) is 2.08. The summed E-state index contributed by atoms with van der Waals surface area (Å²) in [6, 6.07) is 25.3. The third-order valence-electron chi connectivity index (χ3n) is 2.98. The van der Waals surface area contributed by atoms with E-state index >= 15 is 0 Å². The van der Waals surface area contributed by atoms with Gasteiger partial charge in [-0.15, -0.1) is 0 Å². The lowest BCUT2D eigenvalue weighted by atomic mass is 10.2. The Kier molecular flexibility index (Phi) is 3.88. The van der Waals surface area contributed by atoms with Crippen LogP contribution in [0.3, 0.4) is 0 Å². The van der Waals surface area contributed by atoms with Crippen molar-refractivity contribution in [1.29, 1.82) is 0 Å². The summed E-state index contributed by atoms with van der Waals surface area (Å²) in [6.07, 6.45) is 0. The Hall–Kier alpha value is -2.74. The molecule has 0 radical (unpaired) electrons. The van der Waals surface area contributed by atoms with E-state index in [0.717, 1.165) is 28.6 Å². The molecule has 3 aromatic rings. The molecule has 0 atom stereocenters. The third kappa shape index (κ3) is 3.63. The SMILES string of the molecule is Cc1cc(Oc2ccccc2)cc(Oc2ccccc2)c1. The Morgan fingerprint density at radius 1 is 0.524 bits per heavy atom. The maximum absolute atomic E-state index is 5.86. The minimum atomic E-state index is 0.770. The van der Waals surface area contributed by atoms with Crippen molar-refractivity contribution in [2.24, 2.45) is 0 Å². The van der Waals surface area contributed by atoms with Gasteiger partial charge in [-0.25, -0.2) is 0 Å². The molecule has 2 nitrogen and oxygen atoms in total. The first kappa shape index (κ1) is 13.3. The average molecular weight is 276 g/mol. The van der Waals surface area contributed by atoms with Crippen molar-refractivity contribution in [3.05, 3.63) is 84.4 Å². The van der Waals surface area contributed by atoms with E-state index in [1.165, 1.54) is 0 Å². The second kappa shape index (κ2) is 6.14. The summed E-state index contributed by atoms with van der Waals surface area (Å²) < 4.78 is 11.7. The van der Waals surface area contributed by atoms with Gasteiger partial charge in [-0.3, -0.25) is 0 Å². The van der Waals surface area contributed by atoms with Gasteiger partial charge in [0.05, 0.1) is 0 Å². The number of ether oxygens (including phenoxy) is 2. The van der Waals surface area contributed by atoms with Crippen molar-refractivity contribution in [1.82, 2.24) is 0 Å². The van der Waals surface area contributed by atoms with Gasteiger partial charge in [-0.2, -0.15) is 0 Å². The summed E-state index contributed by atoms with van der Waals surface area (Å²) >= 11 is 0. The molecule has 0 N–H and O–H groups in total. The number of hydrogen-bond donors (Lipinski definition) is 0. The van der Waals surface area contributed by atoms with Crippen molar-refractivity contribution < 1.29 is 9.47 Å². The predicted octanol–water partition coefficient (Wildman–Crippen LogP) is 5.58. The van der Waals surface area contributed by atoms with Crippen LogP contribution >= 0.6 is 0 Å². The summed E-state index contributed by atoms with van der Waals surface area (Å²) in [5.74, 6) is 3.17. The molecule has 0 aliphatic carbocycles. The van der Waals surface area contributed by atoms with Gasteiger partial charge in [0, 0.05) is 6.07 Å². The van der Waals surface area contributed by atoms with E-state index in [2.05, 4.69) is 0 Å². The van der Waals surface area contributed by atoms with E-state index < -0.39 is 0 Å². The van der Waals surface area contributed by atoms with Gasteiger partial charge in [0.15, 0.2) is 0 Å². The first-order chi connectivity index (χ1) is 10.3. The molecule has 21 heavy (non-hydrogen) atoms. The maximum Gasteiger partial charge on any atom is 0.131 e. The van der Waals surface area contributed by atoms with Gasteiger partial charge in [-0.05, 0) is 48.9 Å². The average Bonchev–Trinajstić information content (AvgIpc) is 2.48. The number of hydrogen-bond acceptors (Lipinski definition) is 2. The highest BCUT2D eigenvalue weighted by atomic mass is 16.5. The Balaban J connectivity index is 1.83. The van der Waals surface area contributed by atoms with E-state index in [0.29, 0.717) is 0 Å². The molecular formula is C19H16O2. The molecule has 0 heterocycles. The monoisotopic (exact) mass is 276 g/mol. The number of benzene rings is 3. The van der Waals surface area contributed by atoms with Crippen LogP contribution in [0.1, 0.15) is 5.56 Å². The summed E-state index contributed by atoms with van der Waals surface area (Å²) in [7, 11) is 0. The second-order valence-corrected chi connectivity index (χ2v) is 4.81. The minimum absolute atomic E-state index is 0.770. The molecule has 0 aromatic heterocycles. The van der Waals surface area contributed by atoms with Crippen molar-refractivity contribution in [2.75, 3.05) is 0 Å². The Bertz CT molecular complexity index is 646. The second-order valence-electron chi connectivity index (χ2n) is 4.81. The summed E-state index contributed by atoms with van der Waals surface area (Å²) in [4.78, 5) is 0. The van der Waals surface area contributed by atoms with E-state index in [1.54, 1.807) is 0 Å². The molecule has 0 amide bonds. The minimum Gasteiger partial charge on any atom is -0.457 e. The highest BCUT2D eigenvalue weighted by molar-refractivity contribution is 5.42. The molecule has 0 bridgehead atoms. The zero-order valence-electron chi connectivity index (χ0n) is 11.8. The van der Waals surface area contributed by atoms with Crippen LogP contribution < -0.4 is 9.47 Å². The first-order valence-corrected chi connectivity index (χ1v) is 6.87. The molecule has 0 aliphatic rings. The van der Waals surface area contributed by atoms with Gasteiger partial charge >= 0.3 is 0 Å². The topological polar surface area (TPSA) is 18.5 Å². The van der Waals surface area contributed by atoms with Gasteiger partial charge < -0.3 is 9.47 Å². The van der Waals surface area contributed by atoms with E-state index in [1.807, 2.05) is 85.8 Å². The zero-order chi connectivity index (χ0) is 14.5. The van der Waals surface area contributed by atoms with Crippen LogP contribution in [0.4, 0.5) is 0 Å². The van der Waals surface area contributed by atoms with Crippen LogP contribution in [0.5, 0.6) is 23.0 Å². The lowest BCUT2D eigenvalue weighted by molar-refractivity contribution is 0.459.